The van der Waals surface area contributed by atoms with Crippen molar-refractivity contribution in [2.45, 2.75) is 39.5 Å². The second kappa shape index (κ2) is 8.67. The molecule has 0 aliphatic rings. The van der Waals surface area contributed by atoms with Gasteiger partial charge in [-0.3, -0.25) is 4.72 Å². The predicted molar refractivity (Wildman–Crippen MR) is 127 cm³/mol. The van der Waals surface area contributed by atoms with Crippen molar-refractivity contribution in [1.29, 1.82) is 0 Å². The van der Waals surface area contributed by atoms with Crippen LogP contribution in [0.4, 0.5) is 5.69 Å². The van der Waals surface area contributed by atoms with Gasteiger partial charge in [-0.1, -0.05) is 6.07 Å². The summed E-state index contributed by atoms with van der Waals surface area (Å²) in [6.07, 6.45) is 0. The van der Waals surface area contributed by atoms with E-state index < -0.39 is 10.0 Å². The SMILES string of the molecule is Cc1cc(C)n(-c2cc(Oc3ccc(NS(=O)(=O)c4ccc(C)c(C)c4)cc3)nc(C)n2)n1. The summed E-state index contributed by atoms with van der Waals surface area (Å²) in [6, 6.07) is 15.4. The molecule has 1 N–H and O–H groups in total. The van der Waals surface area contributed by atoms with E-state index in [-0.39, 0.29) is 4.90 Å². The Morgan fingerprint density at radius 2 is 1.58 bits per heavy atom. The molecular weight excluding hydrogens is 438 g/mol. The molecule has 0 atom stereocenters. The minimum Gasteiger partial charge on any atom is -0.439 e. The summed E-state index contributed by atoms with van der Waals surface area (Å²) >= 11 is 0. The molecule has 0 amide bonds. The minimum absolute atomic E-state index is 0.221. The molecule has 8 nitrogen and oxygen atoms in total. The summed E-state index contributed by atoms with van der Waals surface area (Å²) < 4.78 is 35.7. The van der Waals surface area contributed by atoms with E-state index in [1.807, 2.05) is 33.8 Å². The zero-order valence-corrected chi connectivity index (χ0v) is 19.9. The molecule has 0 fully saturated rings. The highest BCUT2D eigenvalue weighted by Crippen LogP contribution is 2.25. The van der Waals surface area contributed by atoms with E-state index in [1.54, 1.807) is 60.1 Å². The lowest BCUT2D eigenvalue weighted by Crippen LogP contribution is -2.13. The lowest BCUT2D eigenvalue weighted by atomic mass is 10.1. The van der Waals surface area contributed by atoms with Crippen LogP contribution in [0.5, 0.6) is 11.6 Å². The molecule has 0 saturated carbocycles. The fourth-order valence-corrected chi connectivity index (χ4v) is 4.50. The van der Waals surface area contributed by atoms with E-state index in [1.165, 1.54) is 0 Å². The van der Waals surface area contributed by atoms with Gasteiger partial charge in [0.15, 0.2) is 5.82 Å². The minimum atomic E-state index is -3.69. The van der Waals surface area contributed by atoms with Crippen LogP contribution in [-0.2, 0) is 10.0 Å². The summed E-state index contributed by atoms with van der Waals surface area (Å²) in [5, 5.41) is 4.46. The number of benzene rings is 2. The van der Waals surface area contributed by atoms with Crippen molar-refractivity contribution >= 4 is 15.7 Å². The van der Waals surface area contributed by atoms with Gasteiger partial charge in [-0.2, -0.15) is 10.1 Å². The Balaban J connectivity index is 1.52. The predicted octanol–water partition coefficient (Wildman–Crippen LogP) is 4.80. The Hall–Kier alpha value is -3.72. The Bertz CT molecular complexity index is 1430. The molecule has 0 radical (unpaired) electrons. The number of nitrogens with one attached hydrogen (secondary N) is 1. The Labute approximate surface area is 193 Å². The van der Waals surface area contributed by atoms with Crippen molar-refractivity contribution in [2.75, 3.05) is 4.72 Å². The van der Waals surface area contributed by atoms with Gasteiger partial charge in [0.25, 0.3) is 10.0 Å². The topological polar surface area (TPSA) is 99.0 Å². The van der Waals surface area contributed by atoms with Crippen LogP contribution in [0.25, 0.3) is 5.82 Å². The second-order valence-corrected chi connectivity index (χ2v) is 9.61. The lowest BCUT2D eigenvalue weighted by molar-refractivity contribution is 0.459. The zero-order valence-electron chi connectivity index (χ0n) is 19.1. The van der Waals surface area contributed by atoms with Crippen LogP contribution < -0.4 is 9.46 Å². The standard InChI is InChI=1S/C24H25N5O3S/c1-15-6-11-22(12-16(15)2)33(30,31)28-20-7-9-21(10-8-20)32-24-14-23(25-19(5)26-24)29-18(4)13-17(3)27-29/h6-14,28H,1-5H3. The average molecular weight is 464 g/mol. The zero-order chi connectivity index (χ0) is 23.8. The van der Waals surface area contributed by atoms with Crippen molar-refractivity contribution < 1.29 is 13.2 Å². The average Bonchev–Trinajstić information content (AvgIpc) is 3.09. The van der Waals surface area contributed by atoms with Gasteiger partial charge >= 0.3 is 0 Å². The number of anilines is 1. The molecular formula is C24H25N5O3S. The molecule has 0 bridgehead atoms. The Morgan fingerprint density at radius 1 is 0.848 bits per heavy atom. The molecule has 0 unspecified atom stereocenters. The smallest absolute Gasteiger partial charge is 0.261 e. The first-order valence-electron chi connectivity index (χ1n) is 10.4. The van der Waals surface area contributed by atoms with E-state index >= 15 is 0 Å². The van der Waals surface area contributed by atoms with Crippen LogP contribution in [0.3, 0.4) is 0 Å². The molecule has 4 rings (SSSR count). The highest BCUT2D eigenvalue weighted by molar-refractivity contribution is 7.92. The molecule has 0 aliphatic heterocycles. The highest BCUT2D eigenvalue weighted by atomic mass is 32.2. The van der Waals surface area contributed by atoms with Gasteiger partial charge < -0.3 is 4.74 Å². The van der Waals surface area contributed by atoms with Crippen LogP contribution in [0.2, 0.25) is 0 Å². The maximum atomic E-state index is 12.7. The third-order valence-electron chi connectivity index (χ3n) is 5.15. The molecule has 33 heavy (non-hydrogen) atoms. The summed E-state index contributed by atoms with van der Waals surface area (Å²) in [7, 11) is -3.69. The van der Waals surface area contributed by atoms with E-state index in [0.29, 0.717) is 29.0 Å². The number of aryl methyl sites for hydroxylation is 5. The van der Waals surface area contributed by atoms with Crippen LogP contribution in [0.1, 0.15) is 28.3 Å². The van der Waals surface area contributed by atoms with E-state index in [4.69, 9.17) is 4.74 Å². The number of rotatable bonds is 6. The van der Waals surface area contributed by atoms with Crippen molar-refractivity contribution in [1.82, 2.24) is 19.7 Å². The van der Waals surface area contributed by atoms with Gasteiger partial charge in [0.2, 0.25) is 5.88 Å². The third-order valence-corrected chi connectivity index (χ3v) is 6.52. The lowest BCUT2D eigenvalue weighted by Gasteiger charge is -2.11. The molecule has 2 heterocycles. The quantitative estimate of drug-likeness (QED) is 0.441. The Kier molecular flexibility index (Phi) is 5.90. The molecule has 0 spiro atoms. The van der Waals surface area contributed by atoms with Crippen LogP contribution in [0, 0.1) is 34.6 Å². The summed E-state index contributed by atoms with van der Waals surface area (Å²) in [5.74, 6) is 2.05. The molecule has 4 aromatic rings. The van der Waals surface area contributed by atoms with Gasteiger partial charge in [0.05, 0.1) is 10.6 Å². The highest BCUT2D eigenvalue weighted by Gasteiger charge is 2.15. The fourth-order valence-electron chi connectivity index (χ4n) is 3.35. The molecule has 170 valence electrons. The number of sulfonamides is 1. The summed E-state index contributed by atoms with van der Waals surface area (Å²) in [6.45, 7) is 9.49. The van der Waals surface area contributed by atoms with Crippen molar-refractivity contribution in [3.63, 3.8) is 0 Å². The second-order valence-electron chi connectivity index (χ2n) is 7.93. The summed E-state index contributed by atoms with van der Waals surface area (Å²) in [5.41, 5.74) is 4.24. The van der Waals surface area contributed by atoms with Gasteiger partial charge in [-0.15, -0.1) is 0 Å². The van der Waals surface area contributed by atoms with Crippen LogP contribution in [-0.4, -0.2) is 28.2 Å². The van der Waals surface area contributed by atoms with Gasteiger partial charge in [0, 0.05) is 17.4 Å². The maximum Gasteiger partial charge on any atom is 0.261 e. The largest absolute Gasteiger partial charge is 0.439 e. The third kappa shape index (κ3) is 5.04. The molecule has 2 aromatic heterocycles. The normalized spacial score (nSPS) is 11.4. The first kappa shape index (κ1) is 22.5. The number of nitrogens with zero attached hydrogens (tertiary/aromatic N) is 4. The van der Waals surface area contributed by atoms with Gasteiger partial charge in [-0.05, 0) is 88.2 Å². The van der Waals surface area contributed by atoms with E-state index in [9.17, 15) is 8.42 Å². The van der Waals surface area contributed by atoms with E-state index in [0.717, 1.165) is 22.5 Å². The molecule has 2 aromatic carbocycles. The van der Waals surface area contributed by atoms with E-state index in [2.05, 4.69) is 19.8 Å². The fraction of sp³-hybridized carbons (Fsp3) is 0.208. The van der Waals surface area contributed by atoms with Crippen molar-refractivity contribution in [3.8, 4) is 17.4 Å². The number of ether oxygens (including phenoxy) is 1. The Morgan fingerprint density at radius 3 is 2.21 bits per heavy atom. The number of hydrogen-bond donors (Lipinski definition) is 1. The number of aromatic nitrogens is 4. The molecule has 0 aliphatic carbocycles. The van der Waals surface area contributed by atoms with Crippen LogP contribution in [0.15, 0.2) is 59.5 Å². The summed E-state index contributed by atoms with van der Waals surface area (Å²) in [4.78, 5) is 9.01. The van der Waals surface area contributed by atoms with Gasteiger partial charge in [0.1, 0.15) is 11.6 Å². The number of hydrogen-bond acceptors (Lipinski definition) is 6. The van der Waals surface area contributed by atoms with Crippen molar-refractivity contribution in [2.24, 2.45) is 0 Å². The first-order chi connectivity index (χ1) is 15.6. The first-order valence-corrected chi connectivity index (χ1v) is 11.9. The van der Waals surface area contributed by atoms with Gasteiger partial charge in [-0.25, -0.2) is 18.1 Å². The maximum absolute atomic E-state index is 12.7. The monoisotopic (exact) mass is 463 g/mol. The molecule has 9 heteroatoms. The molecule has 0 saturated heterocycles. The van der Waals surface area contributed by atoms with Crippen LogP contribution >= 0.6 is 0 Å². The van der Waals surface area contributed by atoms with Crippen molar-refractivity contribution in [3.05, 3.63) is 82.9 Å².